The van der Waals surface area contributed by atoms with E-state index in [1.54, 1.807) is 12.1 Å². The van der Waals surface area contributed by atoms with Gasteiger partial charge in [-0.15, -0.1) is 0 Å². The molecule has 158 valence electrons. The lowest BCUT2D eigenvalue weighted by molar-refractivity contribution is -0.183. The summed E-state index contributed by atoms with van der Waals surface area (Å²) >= 11 is 12.0. The molecule has 1 unspecified atom stereocenters. The number of ether oxygens (including phenoxy) is 1. The summed E-state index contributed by atoms with van der Waals surface area (Å²) in [6.45, 7) is -0.434. The van der Waals surface area contributed by atoms with Gasteiger partial charge in [-0.1, -0.05) is 29.3 Å². The molecule has 0 spiro atoms. The van der Waals surface area contributed by atoms with E-state index in [0.29, 0.717) is 29.7 Å². The summed E-state index contributed by atoms with van der Waals surface area (Å²) in [5.74, 6) is -0.439. The SMILES string of the molecule is COC(=O)c1ccc(C2=NCC(c3cc(Cl)cc(Cl)c3)(C(F)(F)F)C2)c2c1CCC2. The molecule has 0 N–H and O–H groups in total. The average molecular weight is 456 g/mol. The van der Waals surface area contributed by atoms with Gasteiger partial charge in [0.15, 0.2) is 0 Å². The average Bonchev–Trinajstić information content (AvgIpc) is 3.33. The van der Waals surface area contributed by atoms with E-state index in [-0.39, 0.29) is 22.0 Å². The molecule has 0 amide bonds. The molecular formula is C22H18Cl2F3NO2. The van der Waals surface area contributed by atoms with E-state index >= 15 is 0 Å². The van der Waals surface area contributed by atoms with Crippen LogP contribution >= 0.6 is 23.2 Å². The lowest BCUT2D eigenvalue weighted by Gasteiger charge is -2.32. The maximum absolute atomic E-state index is 14.3. The van der Waals surface area contributed by atoms with Crippen LogP contribution in [-0.2, 0) is 23.0 Å². The van der Waals surface area contributed by atoms with Gasteiger partial charge >= 0.3 is 12.1 Å². The van der Waals surface area contributed by atoms with Crippen LogP contribution in [0.15, 0.2) is 35.3 Å². The normalized spacial score (nSPS) is 20.8. The van der Waals surface area contributed by atoms with Gasteiger partial charge in [-0.3, -0.25) is 4.99 Å². The Bertz CT molecular complexity index is 1040. The monoisotopic (exact) mass is 455 g/mol. The number of hydrogen-bond donors (Lipinski definition) is 0. The Kier molecular flexibility index (Phi) is 5.35. The zero-order valence-electron chi connectivity index (χ0n) is 16.1. The van der Waals surface area contributed by atoms with E-state index in [4.69, 9.17) is 27.9 Å². The summed E-state index contributed by atoms with van der Waals surface area (Å²) in [5, 5.41) is 0.302. The van der Waals surface area contributed by atoms with Gasteiger partial charge in [0.25, 0.3) is 0 Å². The third kappa shape index (κ3) is 3.40. The Morgan fingerprint density at radius 2 is 1.77 bits per heavy atom. The Labute approximate surface area is 181 Å². The standard InChI is InChI=1S/C22H18Cl2F3NO2/c1-30-20(29)18-6-5-17(15-3-2-4-16(15)18)19-10-21(11-28-19,22(25,26)27)12-7-13(23)9-14(24)8-12/h5-9H,2-4,10-11H2,1H3. The number of alkyl halides is 3. The molecule has 30 heavy (non-hydrogen) atoms. The quantitative estimate of drug-likeness (QED) is 0.535. The van der Waals surface area contributed by atoms with E-state index in [9.17, 15) is 18.0 Å². The molecule has 1 atom stereocenters. The van der Waals surface area contributed by atoms with Gasteiger partial charge in [0.1, 0.15) is 5.41 Å². The zero-order valence-corrected chi connectivity index (χ0v) is 17.6. The Balaban J connectivity index is 1.77. The van der Waals surface area contributed by atoms with Crippen LogP contribution in [0.5, 0.6) is 0 Å². The predicted molar refractivity (Wildman–Crippen MR) is 110 cm³/mol. The largest absolute Gasteiger partial charge is 0.465 e. The molecule has 0 saturated heterocycles. The third-order valence-electron chi connectivity index (χ3n) is 5.97. The number of halogens is 5. The third-order valence-corrected chi connectivity index (χ3v) is 6.40. The second kappa shape index (κ2) is 7.57. The first-order chi connectivity index (χ1) is 14.2. The van der Waals surface area contributed by atoms with Crippen LogP contribution in [0.4, 0.5) is 13.2 Å². The zero-order chi connectivity index (χ0) is 21.7. The van der Waals surface area contributed by atoms with Crippen LogP contribution in [0.3, 0.4) is 0 Å². The minimum absolute atomic E-state index is 0.00840. The number of rotatable bonds is 3. The molecule has 2 aromatic carbocycles. The number of nitrogens with zero attached hydrogens (tertiary/aromatic N) is 1. The molecular weight excluding hydrogens is 438 g/mol. The van der Waals surface area contributed by atoms with Crippen molar-refractivity contribution in [2.24, 2.45) is 4.99 Å². The molecule has 1 aliphatic carbocycles. The number of carbonyl (C=O) groups is 1. The Morgan fingerprint density at radius 1 is 1.10 bits per heavy atom. The first-order valence-electron chi connectivity index (χ1n) is 9.46. The van der Waals surface area contributed by atoms with Gasteiger partial charge in [-0.25, -0.2) is 4.79 Å². The number of esters is 1. The molecule has 2 aliphatic rings. The van der Waals surface area contributed by atoms with E-state index in [1.165, 1.54) is 25.3 Å². The molecule has 0 fully saturated rings. The van der Waals surface area contributed by atoms with Crippen LogP contribution in [0.25, 0.3) is 0 Å². The maximum atomic E-state index is 14.3. The van der Waals surface area contributed by atoms with Gasteiger partial charge in [-0.2, -0.15) is 13.2 Å². The number of carbonyl (C=O) groups excluding carboxylic acids is 1. The summed E-state index contributed by atoms with van der Waals surface area (Å²) in [7, 11) is 1.31. The van der Waals surface area contributed by atoms with Gasteiger partial charge < -0.3 is 4.74 Å². The number of methoxy groups -OCH3 is 1. The minimum Gasteiger partial charge on any atom is -0.465 e. The highest BCUT2D eigenvalue weighted by Gasteiger charge is 2.58. The lowest BCUT2D eigenvalue weighted by atomic mass is 9.76. The van der Waals surface area contributed by atoms with Crippen molar-refractivity contribution in [3.63, 3.8) is 0 Å². The minimum atomic E-state index is -4.54. The van der Waals surface area contributed by atoms with E-state index in [1.807, 2.05) is 0 Å². The molecule has 0 saturated carbocycles. The van der Waals surface area contributed by atoms with Gasteiger partial charge in [-0.05, 0) is 65.8 Å². The first-order valence-corrected chi connectivity index (χ1v) is 10.2. The van der Waals surface area contributed by atoms with Crippen molar-refractivity contribution in [3.8, 4) is 0 Å². The second-order valence-electron chi connectivity index (χ2n) is 7.64. The number of hydrogen-bond acceptors (Lipinski definition) is 3. The Morgan fingerprint density at radius 3 is 2.40 bits per heavy atom. The van der Waals surface area contributed by atoms with Gasteiger partial charge in [0.2, 0.25) is 0 Å². The van der Waals surface area contributed by atoms with Crippen LogP contribution in [-0.4, -0.2) is 31.5 Å². The highest BCUT2D eigenvalue weighted by molar-refractivity contribution is 6.34. The van der Waals surface area contributed by atoms with Crippen molar-refractivity contribution >= 4 is 34.9 Å². The molecule has 1 heterocycles. The van der Waals surface area contributed by atoms with Crippen molar-refractivity contribution in [1.82, 2.24) is 0 Å². The first kappa shape index (κ1) is 21.2. The predicted octanol–water partition coefficient (Wildman–Crippen LogP) is 5.96. The van der Waals surface area contributed by atoms with Crippen molar-refractivity contribution in [1.29, 1.82) is 0 Å². The van der Waals surface area contributed by atoms with Crippen molar-refractivity contribution in [3.05, 3.63) is 68.2 Å². The number of fused-ring (bicyclic) bond motifs is 1. The van der Waals surface area contributed by atoms with Crippen molar-refractivity contribution < 1.29 is 22.7 Å². The molecule has 4 rings (SSSR count). The molecule has 8 heteroatoms. The summed E-state index contributed by atoms with van der Waals surface area (Å²) in [5.41, 5.74) is 1.08. The maximum Gasteiger partial charge on any atom is 0.400 e. The number of aliphatic imine (C=N–C) groups is 1. The summed E-state index contributed by atoms with van der Waals surface area (Å²) in [6.07, 6.45) is -2.64. The molecule has 0 aromatic heterocycles. The van der Waals surface area contributed by atoms with Crippen molar-refractivity contribution in [2.45, 2.75) is 37.3 Å². The number of benzene rings is 2. The van der Waals surface area contributed by atoms with Crippen LogP contribution < -0.4 is 0 Å². The lowest BCUT2D eigenvalue weighted by Crippen LogP contribution is -2.43. The topological polar surface area (TPSA) is 38.7 Å². The summed E-state index contributed by atoms with van der Waals surface area (Å²) in [4.78, 5) is 16.4. The molecule has 3 nitrogen and oxygen atoms in total. The van der Waals surface area contributed by atoms with E-state index in [2.05, 4.69) is 4.99 Å². The van der Waals surface area contributed by atoms with Gasteiger partial charge in [0, 0.05) is 22.2 Å². The highest BCUT2D eigenvalue weighted by atomic mass is 35.5. The van der Waals surface area contributed by atoms with Crippen LogP contribution in [0.1, 0.15) is 45.5 Å². The smallest absolute Gasteiger partial charge is 0.400 e. The van der Waals surface area contributed by atoms with Crippen LogP contribution in [0.2, 0.25) is 10.0 Å². The molecule has 2 aromatic rings. The second-order valence-corrected chi connectivity index (χ2v) is 8.51. The molecule has 0 bridgehead atoms. The highest BCUT2D eigenvalue weighted by Crippen LogP contribution is 2.49. The summed E-state index contributed by atoms with van der Waals surface area (Å²) in [6, 6.07) is 7.34. The fourth-order valence-corrected chi connectivity index (χ4v) is 4.99. The van der Waals surface area contributed by atoms with Crippen molar-refractivity contribution in [2.75, 3.05) is 13.7 Å². The summed E-state index contributed by atoms with van der Waals surface area (Å²) < 4.78 is 47.8. The Hall–Kier alpha value is -2.05. The van der Waals surface area contributed by atoms with E-state index in [0.717, 1.165) is 17.5 Å². The van der Waals surface area contributed by atoms with Crippen LogP contribution in [0, 0.1) is 0 Å². The fraction of sp³-hybridized carbons (Fsp3) is 0.364. The molecule has 0 radical (unpaired) electrons. The molecule has 1 aliphatic heterocycles. The fourth-order valence-electron chi connectivity index (χ4n) is 4.46. The van der Waals surface area contributed by atoms with Gasteiger partial charge in [0.05, 0.1) is 19.2 Å². The van der Waals surface area contributed by atoms with E-state index < -0.39 is 24.1 Å².